The minimum atomic E-state index is -0.138. The summed E-state index contributed by atoms with van der Waals surface area (Å²) in [6.07, 6.45) is 3.37. The molecule has 3 aromatic rings. The monoisotopic (exact) mass is 284 g/mol. The summed E-state index contributed by atoms with van der Waals surface area (Å²) in [4.78, 5) is 16.4. The van der Waals surface area contributed by atoms with Crippen LogP contribution < -0.4 is 5.56 Å². The number of aromatic nitrogens is 6. The fraction of sp³-hybridized carbons (Fsp3) is 0.214. The van der Waals surface area contributed by atoms with E-state index in [4.69, 9.17) is 0 Å². The van der Waals surface area contributed by atoms with Crippen LogP contribution >= 0.6 is 0 Å². The van der Waals surface area contributed by atoms with Crippen LogP contribution in [0.5, 0.6) is 0 Å². The van der Waals surface area contributed by atoms with Crippen molar-refractivity contribution in [2.75, 3.05) is 0 Å². The zero-order valence-electron chi connectivity index (χ0n) is 11.7. The van der Waals surface area contributed by atoms with Crippen molar-refractivity contribution in [3.8, 4) is 17.1 Å². The predicted octanol–water partition coefficient (Wildman–Crippen LogP) is 1.78. The smallest absolute Gasteiger partial charge is 0.255 e. The molecule has 0 aromatic carbocycles. The molecule has 7 nitrogen and oxygen atoms in total. The number of hydrogen-bond donors (Lipinski definition) is 1. The van der Waals surface area contributed by atoms with Gasteiger partial charge in [-0.2, -0.15) is 5.21 Å². The Morgan fingerprint density at radius 1 is 1.24 bits per heavy atom. The van der Waals surface area contributed by atoms with E-state index in [2.05, 4.69) is 39.5 Å². The Balaban J connectivity index is 0.00000176. The normalized spacial score (nSPS) is 11.0. The van der Waals surface area contributed by atoms with E-state index in [0.717, 1.165) is 5.69 Å². The lowest BCUT2D eigenvalue weighted by atomic mass is 10.1. The Bertz CT molecular complexity index is 795. The molecule has 0 bridgehead atoms. The first-order valence-electron chi connectivity index (χ1n) is 6.58. The average Bonchev–Trinajstić information content (AvgIpc) is 3.02. The van der Waals surface area contributed by atoms with E-state index in [1.165, 1.54) is 10.6 Å². The third-order valence-corrected chi connectivity index (χ3v) is 3.16. The molecule has 0 saturated carbocycles. The van der Waals surface area contributed by atoms with Gasteiger partial charge in [0.05, 0.1) is 11.9 Å². The summed E-state index contributed by atoms with van der Waals surface area (Å²) < 4.78 is 1.52. The molecular weight excluding hydrogens is 268 g/mol. The van der Waals surface area contributed by atoms with E-state index in [0.29, 0.717) is 23.0 Å². The van der Waals surface area contributed by atoms with Crippen LogP contribution in [-0.2, 0) is 0 Å². The molecule has 0 saturated heterocycles. The Kier molecular flexibility index (Phi) is 3.31. The number of tetrazole rings is 1. The van der Waals surface area contributed by atoms with Gasteiger partial charge in [-0.25, -0.2) is 0 Å². The van der Waals surface area contributed by atoms with E-state index in [-0.39, 0.29) is 6.99 Å². The highest BCUT2D eigenvalue weighted by molar-refractivity contribution is 5.53. The topological polar surface area (TPSA) is 89.4 Å². The lowest BCUT2D eigenvalue weighted by Gasteiger charge is -2.08. The molecule has 0 radical (unpaired) electrons. The fourth-order valence-electron chi connectivity index (χ4n) is 1.99. The number of aromatic amines is 1. The first-order valence-corrected chi connectivity index (χ1v) is 6.58. The Morgan fingerprint density at radius 3 is 2.71 bits per heavy atom. The van der Waals surface area contributed by atoms with Gasteiger partial charge in [0.2, 0.25) is 5.82 Å². The predicted molar refractivity (Wildman–Crippen MR) is 79.2 cm³/mol. The van der Waals surface area contributed by atoms with Gasteiger partial charge in [-0.3, -0.25) is 14.3 Å². The highest BCUT2D eigenvalue weighted by Crippen LogP contribution is 2.15. The molecule has 0 aliphatic rings. The van der Waals surface area contributed by atoms with E-state index >= 15 is 0 Å². The molecule has 7 heteroatoms. The molecule has 0 spiro atoms. The number of rotatable bonds is 3. The van der Waals surface area contributed by atoms with Crippen molar-refractivity contribution < 1.29 is 1.43 Å². The zero-order valence-corrected chi connectivity index (χ0v) is 11.7. The van der Waals surface area contributed by atoms with E-state index < -0.39 is 0 Å². The highest BCUT2D eigenvalue weighted by atomic mass is 16.1. The second-order valence-electron chi connectivity index (χ2n) is 4.96. The van der Waals surface area contributed by atoms with Crippen LogP contribution in [0.1, 0.15) is 26.9 Å². The van der Waals surface area contributed by atoms with Crippen molar-refractivity contribution >= 4 is 0 Å². The van der Waals surface area contributed by atoms with Gasteiger partial charge in [0.15, 0.2) is 0 Å². The van der Waals surface area contributed by atoms with E-state index in [1.807, 2.05) is 12.1 Å². The third kappa shape index (κ3) is 2.58. The summed E-state index contributed by atoms with van der Waals surface area (Å²) in [5.74, 6) is 0.789. The second kappa shape index (κ2) is 5.28. The molecule has 0 aliphatic heterocycles. The van der Waals surface area contributed by atoms with Crippen molar-refractivity contribution in [1.29, 1.82) is 0 Å². The number of nitrogens with zero attached hydrogens (tertiary/aromatic N) is 5. The molecule has 0 aliphatic carbocycles. The van der Waals surface area contributed by atoms with Crippen LogP contribution in [0, 0.1) is 0 Å². The molecule has 108 valence electrons. The number of hydrogen-bond acceptors (Lipinski definition) is 5. The molecule has 3 heterocycles. The minimum absolute atomic E-state index is 0. The van der Waals surface area contributed by atoms with Crippen LogP contribution in [0.15, 0.2) is 41.5 Å². The molecule has 0 unspecified atom stereocenters. The summed E-state index contributed by atoms with van der Waals surface area (Å²) in [7, 11) is 0. The standard InChI is InChI=1S/C14H14N6O.H2/c1-9(2)12-5-4-11(7-15-12)20-8-10(3-6-13(20)21)14-16-18-19-17-14;/h3-9H,1-2H3,(H,16,17,18,19);1H. The van der Waals surface area contributed by atoms with Gasteiger partial charge in [-0.1, -0.05) is 13.8 Å². The van der Waals surface area contributed by atoms with Crippen molar-refractivity contribution in [2.24, 2.45) is 0 Å². The average molecular weight is 284 g/mol. The largest absolute Gasteiger partial charge is 0.282 e. The quantitative estimate of drug-likeness (QED) is 0.791. The van der Waals surface area contributed by atoms with Crippen molar-refractivity contribution in [3.05, 3.63) is 52.7 Å². The van der Waals surface area contributed by atoms with Gasteiger partial charge in [-0.15, -0.1) is 10.2 Å². The molecule has 0 fully saturated rings. The van der Waals surface area contributed by atoms with Gasteiger partial charge in [0.25, 0.3) is 5.56 Å². The van der Waals surface area contributed by atoms with Crippen molar-refractivity contribution in [3.63, 3.8) is 0 Å². The molecule has 3 aromatic heterocycles. The molecule has 0 atom stereocenters. The van der Waals surface area contributed by atoms with Crippen molar-refractivity contribution in [1.82, 2.24) is 30.2 Å². The van der Waals surface area contributed by atoms with Gasteiger partial charge in [0, 0.05) is 24.9 Å². The number of H-pyrrole nitrogens is 1. The van der Waals surface area contributed by atoms with Gasteiger partial charge in [-0.05, 0) is 29.3 Å². The maximum absolute atomic E-state index is 12.0. The zero-order chi connectivity index (χ0) is 14.8. The van der Waals surface area contributed by atoms with Gasteiger partial charge in [0.1, 0.15) is 0 Å². The van der Waals surface area contributed by atoms with Crippen LogP contribution in [0.25, 0.3) is 17.1 Å². The molecule has 0 amide bonds. The van der Waals surface area contributed by atoms with Crippen LogP contribution in [0.4, 0.5) is 0 Å². The summed E-state index contributed by atoms with van der Waals surface area (Å²) in [6.45, 7) is 4.15. The molecule has 3 rings (SSSR count). The van der Waals surface area contributed by atoms with Crippen LogP contribution in [0.2, 0.25) is 0 Å². The first kappa shape index (κ1) is 13.2. The Hall–Kier alpha value is -2.83. The maximum atomic E-state index is 12.0. The summed E-state index contributed by atoms with van der Waals surface area (Å²) in [5, 5.41) is 13.7. The van der Waals surface area contributed by atoms with Crippen LogP contribution in [0.3, 0.4) is 0 Å². The fourth-order valence-corrected chi connectivity index (χ4v) is 1.99. The van der Waals surface area contributed by atoms with E-state index in [1.54, 1.807) is 18.5 Å². The summed E-state index contributed by atoms with van der Waals surface area (Å²) in [5.41, 5.74) is 2.26. The number of pyridine rings is 2. The maximum Gasteiger partial charge on any atom is 0.255 e. The lowest BCUT2D eigenvalue weighted by molar-refractivity contribution is 0.818. The SMILES string of the molecule is CC(C)c1ccc(-n2cc(-c3nn[nH]n3)ccc2=O)cn1.[HH]. The Morgan fingerprint density at radius 2 is 2.10 bits per heavy atom. The minimum Gasteiger partial charge on any atom is -0.282 e. The number of nitrogens with one attached hydrogen (secondary N) is 1. The highest BCUT2D eigenvalue weighted by Gasteiger charge is 2.08. The summed E-state index contributed by atoms with van der Waals surface area (Å²) in [6, 6.07) is 6.94. The molecular formula is C14H16N6O. The molecule has 21 heavy (non-hydrogen) atoms. The summed E-state index contributed by atoms with van der Waals surface area (Å²) >= 11 is 0. The second-order valence-corrected chi connectivity index (χ2v) is 4.96. The Labute approximate surface area is 122 Å². The van der Waals surface area contributed by atoms with E-state index in [9.17, 15) is 4.79 Å². The molecule has 1 N–H and O–H groups in total. The van der Waals surface area contributed by atoms with Gasteiger partial charge < -0.3 is 0 Å². The third-order valence-electron chi connectivity index (χ3n) is 3.16. The first-order chi connectivity index (χ1) is 10.1. The lowest BCUT2D eigenvalue weighted by Crippen LogP contribution is -2.17. The van der Waals surface area contributed by atoms with Gasteiger partial charge >= 0.3 is 0 Å². The van der Waals surface area contributed by atoms with Crippen molar-refractivity contribution in [2.45, 2.75) is 19.8 Å². The van der Waals surface area contributed by atoms with Crippen LogP contribution in [-0.4, -0.2) is 30.2 Å².